The van der Waals surface area contributed by atoms with Crippen LogP contribution < -0.4 is 5.32 Å². The molecule has 1 aromatic carbocycles. The van der Waals surface area contributed by atoms with Crippen molar-refractivity contribution in [3.63, 3.8) is 0 Å². The van der Waals surface area contributed by atoms with Crippen LogP contribution in [0.3, 0.4) is 0 Å². The zero-order chi connectivity index (χ0) is 12.4. The van der Waals surface area contributed by atoms with Crippen LogP contribution in [0.4, 0.5) is 5.82 Å². The number of aryl methyl sites for hydroxylation is 1. The Morgan fingerprint density at radius 2 is 2.00 bits per heavy atom. The summed E-state index contributed by atoms with van der Waals surface area (Å²) in [5.41, 5.74) is 0. The third-order valence-corrected chi connectivity index (χ3v) is 3.90. The molecule has 3 rings (SSSR count). The molecular weight excluding hydrogens is 240 g/mol. The van der Waals surface area contributed by atoms with Gasteiger partial charge < -0.3 is 5.32 Å². The van der Waals surface area contributed by atoms with Crippen molar-refractivity contribution in [1.29, 1.82) is 0 Å². The summed E-state index contributed by atoms with van der Waals surface area (Å²) in [6, 6.07) is 14.7. The highest BCUT2D eigenvalue weighted by atomic mass is 32.1. The van der Waals surface area contributed by atoms with E-state index in [4.69, 9.17) is 0 Å². The van der Waals surface area contributed by atoms with Gasteiger partial charge in [-0.3, -0.25) is 0 Å². The molecule has 1 N–H and O–H groups in total. The van der Waals surface area contributed by atoms with E-state index in [1.165, 1.54) is 20.5 Å². The van der Waals surface area contributed by atoms with Gasteiger partial charge in [0.25, 0.3) is 0 Å². The topological polar surface area (TPSA) is 24.9 Å². The maximum atomic E-state index is 4.42. The van der Waals surface area contributed by atoms with Crippen LogP contribution in [0.1, 0.15) is 9.75 Å². The lowest BCUT2D eigenvalue weighted by atomic mass is 10.1. The molecule has 0 atom stereocenters. The van der Waals surface area contributed by atoms with Gasteiger partial charge in [-0.2, -0.15) is 0 Å². The molecule has 0 aliphatic heterocycles. The van der Waals surface area contributed by atoms with Crippen LogP contribution in [0.2, 0.25) is 0 Å². The maximum absolute atomic E-state index is 4.42. The minimum atomic E-state index is 0.833. The third-order valence-electron chi connectivity index (χ3n) is 2.90. The quantitative estimate of drug-likeness (QED) is 0.757. The first kappa shape index (κ1) is 11.2. The second-order valence-corrected chi connectivity index (χ2v) is 5.62. The largest absolute Gasteiger partial charge is 0.365 e. The lowest BCUT2D eigenvalue weighted by Gasteiger charge is -2.07. The van der Waals surface area contributed by atoms with E-state index in [0.717, 1.165) is 12.4 Å². The van der Waals surface area contributed by atoms with Gasteiger partial charge in [-0.15, -0.1) is 11.3 Å². The molecule has 2 aromatic heterocycles. The molecule has 2 nitrogen and oxygen atoms in total. The van der Waals surface area contributed by atoms with Crippen LogP contribution in [0.25, 0.3) is 10.8 Å². The van der Waals surface area contributed by atoms with Crippen LogP contribution in [-0.2, 0) is 6.54 Å². The summed E-state index contributed by atoms with van der Waals surface area (Å²) >= 11 is 1.82. The number of pyridine rings is 1. The van der Waals surface area contributed by atoms with Gasteiger partial charge in [0.15, 0.2) is 0 Å². The van der Waals surface area contributed by atoms with Crippen molar-refractivity contribution >= 4 is 27.9 Å². The maximum Gasteiger partial charge on any atom is 0.134 e. The third kappa shape index (κ3) is 2.22. The van der Waals surface area contributed by atoms with Crippen molar-refractivity contribution in [3.8, 4) is 0 Å². The molecule has 0 radical (unpaired) electrons. The van der Waals surface area contributed by atoms with Crippen LogP contribution in [-0.4, -0.2) is 4.98 Å². The Morgan fingerprint density at radius 3 is 2.83 bits per heavy atom. The lowest BCUT2D eigenvalue weighted by molar-refractivity contribution is 1.15. The Morgan fingerprint density at radius 1 is 1.11 bits per heavy atom. The zero-order valence-corrected chi connectivity index (χ0v) is 11.0. The Hall–Kier alpha value is -1.87. The van der Waals surface area contributed by atoms with Gasteiger partial charge in [0, 0.05) is 21.3 Å². The average Bonchev–Trinajstić information content (AvgIpc) is 2.82. The highest BCUT2D eigenvalue weighted by Gasteiger charge is 2.02. The first-order valence-corrected chi connectivity index (χ1v) is 6.77. The van der Waals surface area contributed by atoms with Gasteiger partial charge in [0.05, 0.1) is 6.54 Å². The van der Waals surface area contributed by atoms with Crippen LogP contribution in [0, 0.1) is 6.92 Å². The minimum absolute atomic E-state index is 0.833. The Balaban J connectivity index is 1.86. The Kier molecular flexibility index (Phi) is 2.99. The molecule has 0 aliphatic rings. The van der Waals surface area contributed by atoms with E-state index in [1.54, 1.807) is 0 Å². The van der Waals surface area contributed by atoms with E-state index < -0.39 is 0 Å². The summed E-state index contributed by atoms with van der Waals surface area (Å²) in [4.78, 5) is 7.10. The number of hydrogen-bond acceptors (Lipinski definition) is 3. The summed E-state index contributed by atoms with van der Waals surface area (Å²) in [5, 5.41) is 5.81. The highest BCUT2D eigenvalue weighted by Crippen LogP contribution is 2.22. The molecule has 0 unspecified atom stereocenters. The standard InChI is InChI=1S/C15H14N2S/c1-11-6-7-13(18-11)10-17-15-14-5-3-2-4-12(14)8-9-16-15/h2-9H,10H2,1H3,(H,16,17). The minimum Gasteiger partial charge on any atom is -0.365 e. The van der Waals surface area contributed by atoms with Gasteiger partial charge in [-0.1, -0.05) is 24.3 Å². The van der Waals surface area contributed by atoms with Gasteiger partial charge in [0.2, 0.25) is 0 Å². The average molecular weight is 254 g/mol. The summed E-state index contributed by atoms with van der Waals surface area (Å²) < 4.78 is 0. The number of nitrogens with zero attached hydrogens (tertiary/aromatic N) is 1. The fourth-order valence-electron chi connectivity index (χ4n) is 2.01. The lowest BCUT2D eigenvalue weighted by Crippen LogP contribution is -2.00. The second kappa shape index (κ2) is 4.78. The first-order valence-electron chi connectivity index (χ1n) is 5.96. The predicted octanol–water partition coefficient (Wildman–Crippen LogP) is 4.22. The highest BCUT2D eigenvalue weighted by molar-refractivity contribution is 7.11. The van der Waals surface area contributed by atoms with Gasteiger partial charge in [0.1, 0.15) is 5.82 Å². The van der Waals surface area contributed by atoms with E-state index >= 15 is 0 Å². The number of fused-ring (bicyclic) bond motifs is 1. The second-order valence-electron chi connectivity index (χ2n) is 4.25. The summed E-state index contributed by atoms with van der Waals surface area (Å²) in [6.45, 7) is 2.96. The fraction of sp³-hybridized carbons (Fsp3) is 0.133. The molecule has 2 heterocycles. The smallest absolute Gasteiger partial charge is 0.134 e. The zero-order valence-electron chi connectivity index (χ0n) is 10.2. The predicted molar refractivity (Wildman–Crippen MR) is 78.1 cm³/mol. The number of thiophene rings is 1. The molecule has 0 saturated heterocycles. The van der Waals surface area contributed by atoms with E-state index in [1.807, 2.05) is 29.7 Å². The number of rotatable bonds is 3. The van der Waals surface area contributed by atoms with Crippen molar-refractivity contribution < 1.29 is 0 Å². The molecule has 0 spiro atoms. The van der Waals surface area contributed by atoms with Crippen LogP contribution >= 0.6 is 11.3 Å². The summed E-state index contributed by atoms with van der Waals surface area (Å²) in [6.07, 6.45) is 1.85. The van der Waals surface area contributed by atoms with Gasteiger partial charge in [-0.25, -0.2) is 4.98 Å². The molecule has 0 aliphatic carbocycles. The number of aromatic nitrogens is 1. The molecule has 0 amide bonds. The molecule has 0 fully saturated rings. The van der Waals surface area contributed by atoms with Crippen molar-refractivity contribution in [2.75, 3.05) is 5.32 Å². The van der Waals surface area contributed by atoms with Crippen molar-refractivity contribution in [2.45, 2.75) is 13.5 Å². The first-order chi connectivity index (χ1) is 8.83. The van der Waals surface area contributed by atoms with E-state index in [9.17, 15) is 0 Å². The van der Waals surface area contributed by atoms with Gasteiger partial charge in [-0.05, 0) is 30.5 Å². The molecule has 18 heavy (non-hydrogen) atoms. The number of benzene rings is 1. The Labute approximate surface area is 110 Å². The van der Waals surface area contributed by atoms with Crippen LogP contribution in [0.15, 0.2) is 48.7 Å². The summed E-state index contributed by atoms with van der Waals surface area (Å²) in [5.74, 6) is 0.958. The number of anilines is 1. The number of nitrogens with one attached hydrogen (secondary N) is 1. The van der Waals surface area contributed by atoms with Crippen LogP contribution in [0.5, 0.6) is 0 Å². The fourth-order valence-corrected chi connectivity index (χ4v) is 2.84. The molecule has 90 valence electrons. The van der Waals surface area contributed by atoms with Gasteiger partial charge >= 0.3 is 0 Å². The summed E-state index contributed by atoms with van der Waals surface area (Å²) in [7, 11) is 0. The van der Waals surface area contributed by atoms with Crippen molar-refractivity contribution in [3.05, 3.63) is 58.4 Å². The normalized spacial score (nSPS) is 10.7. The van der Waals surface area contributed by atoms with E-state index in [2.05, 4.69) is 47.6 Å². The van der Waals surface area contributed by atoms with Crippen molar-refractivity contribution in [1.82, 2.24) is 4.98 Å². The van der Waals surface area contributed by atoms with Crippen molar-refractivity contribution in [2.24, 2.45) is 0 Å². The molecule has 0 saturated carbocycles. The SMILES string of the molecule is Cc1ccc(CNc2nccc3ccccc23)s1. The van der Waals surface area contributed by atoms with E-state index in [0.29, 0.717) is 0 Å². The molecule has 3 aromatic rings. The van der Waals surface area contributed by atoms with E-state index in [-0.39, 0.29) is 0 Å². The molecular formula is C15H14N2S. The molecule has 3 heteroatoms. The monoisotopic (exact) mass is 254 g/mol. The molecule has 0 bridgehead atoms. The Bertz CT molecular complexity index is 668. The number of hydrogen-bond donors (Lipinski definition) is 1.